The lowest BCUT2D eigenvalue weighted by molar-refractivity contribution is -0.00100. The van der Waals surface area contributed by atoms with Gasteiger partial charge in [0.25, 0.3) is 0 Å². The summed E-state index contributed by atoms with van der Waals surface area (Å²) in [4.78, 5) is 4.27. The van der Waals surface area contributed by atoms with E-state index in [1.165, 1.54) is 6.07 Å². The van der Waals surface area contributed by atoms with Gasteiger partial charge in [-0.2, -0.15) is 0 Å². The number of nitrogens with zero attached hydrogens (tertiary/aromatic N) is 2. The zero-order valence-electron chi connectivity index (χ0n) is 17.8. The van der Waals surface area contributed by atoms with Crippen molar-refractivity contribution in [1.29, 1.82) is 0 Å². The molecule has 3 rings (SSSR count). The van der Waals surface area contributed by atoms with Gasteiger partial charge < -0.3 is 39.6 Å². The summed E-state index contributed by atoms with van der Waals surface area (Å²) < 4.78 is 19.9. The predicted octanol–water partition coefficient (Wildman–Crippen LogP) is -2.31. The number of anilines is 1. The van der Waals surface area contributed by atoms with Crippen molar-refractivity contribution in [3.63, 3.8) is 0 Å². The topological polar surface area (TPSA) is 35.9 Å². The smallest absolute Gasteiger partial charge is 0.146 e. The fourth-order valence-corrected chi connectivity index (χ4v) is 3.63. The van der Waals surface area contributed by atoms with Crippen LogP contribution in [0.3, 0.4) is 0 Å². The maximum Gasteiger partial charge on any atom is 0.146 e. The molecule has 1 unspecified atom stereocenters. The number of para-hydroxylation sites is 2. The highest BCUT2D eigenvalue weighted by Crippen LogP contribution is 2.31. The van der Waals surface area contributed by atoms with Gasteiger partial charge in [0.1, 0.15) is 24.3 Å². The molecule has 1 heterocycles. The van der Waals surface area contributed by atoms with Crippen molar-refractivity contribution in [3.05, 3.63) is 59.9 Å². The summed E-state index contributed by atoms with van der Waals surface area (Å²) in [5.41, 5.74) is 1.79. The molecule has 0 radical (unpaired) electrons. The third-order valence-corrected chi connectivity index (χ3v) is 5.16. The Kier molecular flexibility index (Phi) is 10.4. The van der Waals surface area contributed by atoms with Crippen molar-refractivity contribution in [2.75, 3.05) is 44.2 Å². The molecule has 2 aromatic carbocycles. The van der Waals surface area contributed by atoms with Gasteiger partial charge in [-0.25, -0.2) is 4.39 Å². The minimum atomic E-state index is -0.562. The van der Waals surface area contributed by atoms with Gasteiger partial charge in [0.15, 0.2) is 0 Å². The van der Waals surface area contributed by atoms with E-state index in [9.17, 15) is 9.50 Å². The van der Waals surface area contributed by atoms with Gasteiger partial charge in [-0.05, 0) is 29.2 Å². The SMILES string of the molecule is CC(C)(C)c1ccccc1OCC(O)CN1CCN(c2ccccc2F)CC1.[Cl-].[Cl-]. The molecule has 0 saturated carbocycles. The van der Waals surface area contributed by atoms with Crippen LogP contribution in [0, 0.1) is 5.82 Å². The van der Waals surface area contributed by atoms with Crippen LogP contribution in [0.5, 0.6) is 5.75 Å². The van der Waals surface area contributed by atoms with E-state index < -0.39 is 6.10 Å². The van der Waals surface area contributed by atoms with Gasteiger partial charge >= 0.3 is 0 Å². The molecule has 1 saturated heterocycles. The van der Waals surface area contributed by atoms with Crippen molar-refractivity contribution in [1.82, 2.24) is 4.90 Å². The molecule has 1 N–H and O–H groups in total. The van der Waals surface area contributed by atoms with Crippen molar-refractivity contribution >= 4 is 5.69 Å². The molecule has 1 aliphatic rings. The molecule has 0 aromatic heterocycles. The summed E-state index contributed by atoms with van der Waals surface area (Å²) in [7, 11) is 0. The molecule has 168 valence electrons. The first kappa shape index (κ1) is 26.5. The van der Waals surface area contributed by atoms with Gasteiger partial charge in [-0.3, -0.25) is 4.90 Å². The van der Waals surface area contributed by atoms with Gasteiger partial charge in [0.05, 0.1) is 5.69 Å². The maximum absolute atomic E-state index is 13.9. The van der Waals surface area contributed by atoms with Crippen LogP contribution in [0.4, 0.5) is 10.1 Å². The van der Waals surface area contributed by atoms with Crippen LogP contribution in [0.2, 0.25) is 0 Å². The lowest BCUT2D eigenvalue weighted by Crippen LogP contribution is -3.00. The molecule has 1 aliphatic heterocycles. The van der Waals surface area contributed by atoms with E-state index in [4.69, 9.17) is 4.74 Å². The third-order valence-electron chi connectivity index (χ3n) is 5.16. The van der Waals surface area contributed by atoms with E-state index in [1.807, 2.05) is 30.3 Å². The van der Waals surface area contributed by atoms with Gasteiger partial charge in [-0.15, -0.1) is 0 Å². The van der Waals surface area contributed by atoms with Crippen LogP contribution >= 0.6 is 0 Å². The van der Waals surface area contributed by atoms with Crippen molar-refractivity contribution in [3.8, 4) is 5.75 Å². The summed E-state index contributed by atoms with van der Waals surface area (Å²) in [5, 5.41) is 10.4. The van der Waals surface area contributed by atoms with E-state index >= 15 is 0 Å². The number of halogens is 3. The monoisotopic (exact) mass is 456 g/mol. The number of piperazine rings is 1. The molecule has 30 heavy (non-hydrogen) atoms. The molecule has 2 aromatic rings. The van der Waals surface area contributed by atoms with E-state index in [0.29, 0.717) is 12.2 Å². The van der Waals surface area contributed by atoms with Crippen LogP contribution in [0.1, 0.15) is 26.3 Å². The molecule has 1 atom stereocenters. The molecule has 1 fully saturated rings. The summed E-state index contributed by atoms with van der Waals surface area (Å²) in [5.74, 6) is 0.653. The average Bonchev–Trinajstić information content (AvgIpc) is 2.67. The lowest BCUT2D eigenvalue weighted by Gasteiger charge is -2.37. The normalized spacial score (nSPS) is 15.7. The Morgan fingerprint density at radius 3 is 2.20 bits per heavy atom. The number of benzene rings is 2. The quantitative estimate of drug-likeness (QED) is 0.529. The highest BCUT2D eigenvalue weighted by molar-refractivity contribution is 5.48. The fraction of sp³-hybridized carbons (Fsp3) is 0.478. The summed E-state index contributed by atoms with van der Waals surface area (Å²) in [6, 6.07) is 14.9. The van der Waals surface area contributed by atoms with E-state index in [2.05, 4.69) is 36.6 Å². The molecule has 7 heteroatoms. The zero-order valence-corrected chi connectivity index (χ0v) is 19.3. The first-order valence-electron chi connectivity index (χ1n) is 9.97. The Labute approximate surface area is 191 Å². The van der Waals surface area contributed by atoms with Gasteiger partial charge in [0, 0.05) is 32.7 Å². The molecule has 4 nitrogen and oxygen atoms in total. The number of ether oxygens (including phenoxy) is 1. The Bertz CT molecular complexity index is 778. The number of aliphatic hydroxyl groups excluding tert-OH is 1. The van der Waals surface area contributed by atoms with E-state index in [1.54, 1.807) is 6.07 Å². The second kappa shape index (κ2) is 11.8. The molecule has 0 aliphatic carbocycles. The number of hydrogen-bond acceptors (Lipinski definition) is 4. The number of rotatable bonds is 6. The minimum Gasteiger partial charge on any atom is -1.00 e. The predicted molar refractivity (Wildman–Crippen MR) is 112 cm³/mol. The molecular weight excluding hydrogens is 426 g/mol. The molecule has 0 bridgehead atoms. The largest absolute Gasteiger partial charge is 1.00 e. The second-order valence-corrected chi connectivity index (χ2v) is 8.45. The average molecular weight is 457 g/mol. The van der Waals surface area contributed by atoms with Gasteiger partial charge in [-0.1, -0.05) is 51.1 Å². The Morgan fingerprint density at radius 1 is 0.967 bits per heavy atom. The number of hydrogen-bond donors (Lipinski definition) is 1. The van der Waals surface area contributed by atoms with Gasteiger partial charge in [0.2, 0.25) is 0 Å². The second-order valence-electron chi connectivity index (χ2n) is 8.45. The molecular formula is C23H31Cl2FN2O2-2. The molecule has 0 spiro atoms. The van der Waals surface area contributed by atoms with Crippen molar-refractivity contribution in [2.45, 2.75) is 32.3 Å². The Balaban J connectivity index is 0.00000225. The number of aliphatic hydroxyl groups is 1. The Hall–Kier alpha value is -1.53. The standard InChI is InChI=1S/C23H31FN2O2.2ClH/c1-23(2,3)19-8-4-7-11-22(19)28-17-18(27)16-25-12-14-26(15-13-25)21-10-6-5-9-20(21)24;;/h4-11,18,27H,12-17H2,1-3H3;2*1H/p-2. The highest BCUT2D eigenvalue weighted by Gasteiger charge is 2.22. The third kappa shape index (κ3) is 7.02. The van der Waals surface area contributed by atoms with Crippen LogP contribution in [-0.4, -0.2) is 55.4 Å². The van der Waals surface area contributed by atoms with Crippen LogP contribution in [0.15, 0.2) is 48.5 Å². The minimum absolute atomic E-state index is 0. The molecule has 0 amide bonds. The van der Waals surface area contributed by atoms with Crippen molar-refractivity contribution in [2.24, 2.45) is 0 Å². The Morgan fingerprint density at radius 2 is 1.57 bits per heavy atom. The first-order chi connectivity index (χ1) is 13.3. The van der Waals surface area contributed by atoms with Crippen LogP contribution < -0.4 is 34.5 Å². The lowest BCUT2D eigenvalue weighted by atomic mass is 9.86. The number of β-amino-alcohol motifs (C(OH)–C–C–N with tert-alkyl or cyclic N) is 1. The summed E-state index contributed by atoms with van der Waals surface area (Å²) >= 11 is 0. The zero-order chi connectivity index (χ0) is 20.1. The van der Waals surface area contributed by atoms with Crippen molar-refractivity contribution < 1.29 is 39.0 Å². The maximum atomic E-state index is 13.9. The van der Waals surface area contributed by atoms with E-state index in [0.717, 1.165) is 37.5 Å². The van der Waals surface area contributed by atoms with E-state index in [-0.39, 0.29) is 42.7 Å². The fourth-order valence-electron chi connectivity index (χ4n) is 3.63. The first-order valence-corrected chi connectivity index (χ1v) is 9.97. The summed E-state index contributed by atoms with van der Waals surface area (Å²) in [6.07, 6.45) is -0.562. The van der Waals surface area contributed by atoms with Crippen LogP contribution in [0.25, 0.3) is 0 Å². The summed E-state index contributed by atoms with van der Waals surface area (Å²) in [6.45, 7) is 10.4. The highest BCUT2D eigenvalue weighted by atomic mass is 35.5. The van der Waals surface area contributed by atoms with Crippen LogP contribution in [-0.2, 0) is 5.41 Å².